The predicted octanol–water partition coefficient (Wildman–Crippen LogP) is 2.99. The van der Waals surface area contributed by atoms with Crippen LogP contribution in [0.4, 0.5) is 0 Å². The average Bonchev–Trinajstić information content (AvgIpc) is 2.49. The summed E-state index contributed by atoms with van der Waals surface area (Å²) in [4.78, 5) is 12.6. The minimum atomic E-state index is -0.319. The van der Waals surface area contributed by atoms with Crippen molar-refractivity contribution in [3.8, 4) is 5.75 Å². The van der Waals surface area contributed by atoms with Crippen LogP contribution in [0.15, 0.2) is 18.2 Å². The van der Waals surface area contributed by atoms with E-state index in [1.165, 1.54) is 13.5 Å². The van der Waals surface area contributed by atoms with E-state index >= 15 is 0 Å². The number of hydrogen-bond donors (Lipinski definition) is 2. The topological polar surface area (TPSA) is 64.3 Å². The number of ether oxygens (including phenoxy) is 1. The number of methoxy groups -OCH3 is 1. The van der Waals surface area contributed by atoms with Gasteiger partial charge in [-0.05, 0) is 37.0 Å². The van der Waals surface area contributed by atoms with Gasteiger partial charge in [0.1, 0.15) is 5.75 Å². The first kappa shape index (κ1) is 16.1. The molecule has 2 rings (SSSR count). The van der Waals surface area contributed by atoms with E-state index in [0.717, 1.165) is 19.3 Å². The summed E-state index contributed by atoms with van der Waals surface area (Å²) in [5.74, 6) is 0.705. The van der Waals surface area contributed by atoms with E-state index in [-0.39, 0.29) is 11.4 Å². The molecule has 2 atom stereocenters. The highest BCUT2D eigenvalue weighted by Gasteiger charge is 2.38. The lowest BCUT2D eigenvalue weighted by molar-refractivity contribution is 0.0810. The van der Waals surface area contributed by atoms with Gasteiger partial charge in [0.05, 0.1) is 18.2 Å². The smallest absolute Gasteiger partial charge is 0.255 e. The molecule has 1 fully saturated rings. The first-order valence-corrected chi connectivity index (χ1v) is 7.76. The van der Waals surface area contributed by atoms with Crippen molar-refractivity contribution in [1.29, 1.82) is 0 Å². The van der Waals surface area contributed by atoms with Crippen molar-refractivity contribution in [3.63, 3.8) is 0 Å². The van der Waals surface area contributed by atoms with Crippen molar-refractivity contribution in [3.05, 3.63) is 28.8 Å². The lowest BCUT2D eigenvalue weighted by atomic mass is 9.73. The number of rotatable bonds is 4. The standard InChI is InChI=1S/C16H23ClN2O2/c1-11-5-3-4-8-16(11,10-18)19-15(20)13-7-6-12(17)9-14(13)21-2/h6-7,9,11H,3-5,8,10,18H2,1-2H3,(H,19,20). The summed E-state index contributed by atoms with van der Waals surface area (Å²) < 4.78 is 5.25. The van der Waals surface area contributed by atoms with E-state index in [0.29, 0.717) is 28.8 Å². The van der Waals surface area contributed by atoms with Gasteiger partial charge in [0, 0.05) is 11.6 Å². The molecule has 116 valence electrons. The predicted molar refractivity (Wildman–Crippen MR) is 84.9 cm³/mol. The van der Waals surface area contributed by atoms with Gasteiger partial charge in [-0.25, -0.2) is 0 Å². The molecule has 1 saturated carbocycles. The minimum absolute atomic E-state index is 0.150. The van der Waals surface area contributed by atoms with Crippen LogP contribution in [0.1, 0.15) is 43.0 Å². The third-order valence-corrected chi connectivity index (χ3v) is 4.82. The fourth-order valence-corrected chi connectivity index (χ4v) is 3.26. The Labute approximate surface area is 131 Å². The largest absolute Gasteiger partial charge is 0.496 e. The van der Waals surface area contributed by atoms with Gasteiger partial charge in [-0.1, -0.05) is 31.4 Å². The normalized spacial score (nSPS) is 25.4. The molecule has 21 heavy (non-hydrogen) atoms. The first-order chi connectivity index (χ1) is 10.0. The zero-order valence-electron chi connectivity index (χ0n) is 12.6. The van der Waals surface area contributed by atoms with Gasteiger partial charge in [-0.15, -0.1) is 0 Å². The molecule has 1 amide bonds. The Morgan fingerprint density at radius 3 is 2.90 bits per heavy atom. The van der Waals surface area contributed by atoms with E-state index < -0.39 is 0 Å². The third kappa shape index (κ3) is 3.33. The van der Waals surface area contributed by atoms with Crippen LogP contribution in [-0.4, -0.2) is 25.1 Å². The molecular formula is C16H23ClN2O2. The number of benzene rings is 1. The molecule has 0 bridgehead atoms. The summed E-state index contributed by atoms with van der Waals surface area (Å²) >= 11 is 5.94. The molecule has 0 aliphatic heterocycles. The van der Waals surface area contributed by atoms with E-state index in [1.807, 2.05) is 0 Å². The van der Waals surface area contributed by atoms with E-state index in [9.17, 15) is 4.79 Å². The van der Waals surface area contributed by atoms with Crippen LogP contribution < -0.4 is 15.8 Å². The number of amides is 1. The molecule has 1 aliphatic rings. The number of hydrogen-bond acceptors (Lipinski definition) is 3. The molecule has 2 unspecified atom stereocenters. The quantitative estimate of drug-likeness (QED) is 0.898. The monoisotopic (exact) mass is 310 g/mol. The number of carbonyl (C=O) groups excluding carboxylic acids is 1. The summed E-state index contributed by atoms with van der Waals surface area (Å²) in [6, 6.07) is 5.03. The molecule has 1 aliphatic carbocycles. The second kappa shape index (κ2) is 6.67. The molecule has 5 heteroatoms. The van der Waals surface area contributed by atoms with Gasteiger partial charge in [0.15, 0.2) is 0 Å². The summed E-state index contributed by atoms with van der Waals surface area (Å²) in [6.07, 6.45) is 4.31. The van der Waals surface area contributed by atoms with Crippen LogP contribution >= 0.6 is 11.6 Å². The summed E-state index contributed by atoms with van der Waals surface area (Å²) in [5.41, 5.74) is 6.16. The zero-order chi connectivity index (χ0) is 15.5. The maximum atomic E-state index is 12.6. The molecule has 0 spiro atoms. The number of nitrogens with two attached hydrogens (primary N) is 1. The van der Waals surface area contributed by atoms with Crippen LogP contribution in [-0.2, 0) is 0 Å². The Balaban J connectivity index is 2.24. The molecule has 0 aromatic heterocycles. The van der Waals surface area contributed by atoms with Crippen LogP contribution in [0.25, 0.3) is 0 Å². The molecule has 4 nitrogen and oxygen atoms in total. The maximum absolute atomic E-state index is 12.6. The summed E-state index contributed by atoms with van der Waals surface area (Å²) in [7, 11) is 1.53. The van der Waals surface area contributed by atoms with Crippen molar-refractivity contribution in [1.82, 2.24) is 5.32 Å². The van der Waals surface area contributed by atoms with E-state index in [4.69, 9.17) is 22.1 Å². The lowest BCUT2D eigenvalue weighted by Crippen LogP contribution is -2.59. The Morgan fingerprint density at radius 1 is 1.52 bits per heavy atom. The Morgan fingerprint density at radius 2 is 2.29 bits per heavy atom. The maximum Gasteiger partial charge on any atom is 0.255 e. The molecule has 3 N–H and O–H groups in total. The highest BCUT2D eigenvalue weighted by atomic mass is 35.5. The fraction of sp³-hybridized carbons (Fsp3) is 0.562. The van der Waals surface area contributed by atoms with Crippen LogP contribution in [0.5, 0.6) is 5.75 Å². The second-order valence-corrected chi connectivity index (χ2v) is 6.24. The SMILES string of the molecule is COc1cc(Cl)ccc1C(=O)NC1(CN)CCCCC1C. The van der Waals surface area contributed by atoms with Crippen molar-refractivity contribution < 1.29 is 9.53 Å². The van der Waals surface area contributed by atoms with Crippen LogP contribution in [0.3, 0.4) is 0 Å². The average molecular weight is 311 g/mol. The van der Waals surface area contributed by atoms with Crippen LogP contribution in [0.2, 0.25) is 5.02 Å². The Bertz CT molecular complexity index is 521. The van der Waals surface area contributed by atoms with E-state index in [2.05, 4.69) is 12.2 Å². The Hall–Kier alpha value is -1.26. The van der Waals surface area contributed by atoms with Gasteiger partial charge in [-0.2, -0.15) is 0 Å². The second-order valence-electron chi connectivity index (χ2n) is 5.81. The van der Waals surface area contributed by atoms with Crippen molar-refractivity contribution in [2.24, 2.45) is 11.7 Å². The molecule has 0 saturated heterocycles. The Kier molecular flexibility index (Phi) is 5.12. The van der Waals surface area contributed by atoms with Crippen molar-refractivity contribution in [2.75, 3.05) is 13.7 Å². The van der Waals surface area contributed by atoms with Gasteiger partial charge in [-0.3, -0.25) is 4.79 Å². The first-order valence-electron chi connectivity index (χ1n) is 7.38. The van der Waals surface area contributed by atoms with Gasteiger partial charge in [0.2, 0.25) is 0 Å². The fourth-order valence-electron chi connectivity index (χ4n) is 3.10. The summed E-state index contributed by atoms with van der Waals surface area (Å²) in [6.45, 7) is 2.61. The molecule has 1 aromatic rings. The van der Waals surface area contributed by atoms with Crippen molar-refractivity contribution >= 4 is 17.5 Å². The van der Waals surface area contributed by atoms with Gasteiger partial charge in [0.25, 0.3) is 5.91 Å². The minimum Gasteiger partial charge on any atom is -0.496 e. The number of halogens is 1. The molecule has 0 radical (unpaired) electrons. The van der Waals surface area contributed by atoms with Gasteiger partial charge < -0.3 is 15.8 Å². The van der Waals surface area contributed by atoms with Gasteiger partial charge >= 0.3 is 0 Å². The highest BCUT2D eigenvalue weighted by Crippen LogP contribution is 2.33. The third-order valence-electron chi connectivity index (χ3n) is 4.59. The van der Waals surface area contributed by atoms with E-state index in [1.54, 1.807) is 18.2 Å². The highest BCUT2D eigenvalue weighted by molar-refractivity contribution is 6.30. The number of nitrogens with one attached hydrogen (secondary N) is 1. The number of carbonyl (C=O) groups is 1. The zero-order valence-corrected chi connectivity index (χ0v) is 13.4. The summed E-state index contributed by atoms with van der Waals surface area (Å²) in [5, 5.41) is 3.70. The van der Waals surface area contributed by atoms with Crippen molar-refractivity contribution in [2.45, 2.75) is 38.1 Å². The van der Waals surface area contributed by atoms with Crippen LogP contribution in [0, 0.1) is 5.92 Å². The lowest BCUT2D eigenvalue weighted by Gasteiger charge is -2.42. The molecule has 0 heterocycles. The molecular weight excluding hydrogens is 288 g/mol. The molecule has 1 aromatic carbocycles.